The highest BCUT2D eigenvalue weighted by Gasteiger charge is 2.38. The number of nitriles is 1. The maximum Gasteiger partial charge on any atom is 0.417 e. The van der Waals surface area contributed by atoms with Crippen molar-refractivity contribution in [2.45, 2.75) is 18.5 Å². The minimum Gasteiger partial charge on any atom is -0.322 e. The molecule has 12 heteroatoms. The van der Waals surface area contributed by atoms with Gasteiger partial charge in [0.15, 0.2) is 0 Å². The van der Waals surface area contributed by atoms with E-state index in [0.29, 0.717) is 12.1 Å². The summed E-state index contributed by atoms with van der Waals surface area (Å²) in [6, 6.07) is 3.25. The Morgan fingerprint density at radius 3 is 1.72 bits per heavy atom. The monoisotopic (exact) mass is 426 g/mol. The molecule has 0 saturated carbocycles. The van der Waals surface area contributed by atoms with Crippen LogP contribution in [0.1, 0.15) is 32.6 Å². The Balaban J connectivity index is 2.47. The maximum atomic E-state index is 12.9. The number of alkyl halides is 9. The molecule has 0 bridgehead atoms. The summed E-state index contributed by atoms with van der Waals surface area (Å²) in [5.41, 5.74) is -7.37. The Hall–Kier alpha value is -3.23. The number of rotatable bonds is 2. The fourth-order valence-electron chi connectivity index (χ4n) is 2.24. The van der Waals surface area contributed by atoms with E-state index in [0.717, 1.165) is 6.07 Å². The van der Waals surface area contributed by atoms with Crippen LogP contribution in [0.25, 0.3) is 0 Å². The lowest BCUT2D eigenvalue weighted by Crippen LogP contribution is -2.18. The fraction of sp³-hybridized carbons (Fsp3) is 0.176. The molecular formula is C17H7F9N2O. The summed E-state index contributed by atoms with van der Waals surface area (Å²) in [7, 11) is 0. The highest BCUT2D eigenvalue weighted by Crippen LogP contribution is 2.37. The number of carbonyl (C=O) groups is 1. The molecule has 29 heavy (non-hydrogen) atoms. The van der Waals surface area contributed by atoms with E-state index in [-0.39, 0.29) is 18.2 Å². The predicted octanol–water partition coefficient (Wildman–Crippen LogP) is 5.87. The van der Waals surface area contributed by atoms with Crippen molar-refractivity contribution < 1.29 is 44.3 Å². The van der Waals surface area contributed by atoms with E-state index in [2.05, 4.69) is 0 Å². The lowest BCUT2D eigenvalue weighted by atomic mass is 10.0. The van der Waals surface area contributed by atoms with E-state index in [1.54, 1.807) is 5.32 Å². The van der Waals surface area contributed by atoms with Gasteiger partial charge in [0, 0.05) is 11.3 Å². The van der Waals surface area contributed by atoms with Crippen molar-refractivity contribution in [3.05, 3.63) is 64.2 Å². The number of amides is 1. The molecule has 0 aliphatic rings. The third kappa shape index (κ3) is 5.18. The molecule has 1 N–H and O–H groups in total. The highest BCUT2D eigenvalue weighted by molar-refractivity contribution is 6.04. The van der Waals surface area contributed by atoms with Crippen molar-refractivity contribution in [1.82, 2.24) is 0 Å². The second-order valence-electron chi connectivity index (χ2n) is 5.62. The molecule has 2 aromatic carbocycles. The van der Waals surface area contributed by atoms with E-state index in [1.165, 1.54) is 6.07 Å². The summed E-state index contributed by atoms with van der Waals surface area (Å²) in [5.74, 6) is -1.50. The quantitative estimate of drug-likeness (QED) is 0.611. The van der Waals surface area contributed by atoms with Gasteiger partial charge in [-0.15, -0.1) is 0 Å². The molecule has 0 saturated heterocycles. The van der Waals surface area contributed by atoms with Crippen molar-refractivity contribution in [2.24, 2.45) is 0 Å². The zero-order valence-corrected chi connectivity index (χ0v) is 13.7. The van der Waals surface area contributed by atoms with Gasteiger partial charge in [0.05, 0.1) is 28.3 Å². The van der Waals surface area contributed by atoms with Crippen molar-refractivity contribution >= 4 is 11.6 Å². The first kappa shape index (κ1) is 22.1. The molecule has 0 heterocycles. The van der Waals surface area contributed by atoms with Gasteiger partial charge < -0.3 is 5.32 Å². The van der Waals surface area contributed by atoms with Crippen molar-refractivity contribution in [2.75, 3.05) is 5.32 Å². The summed E-state index contributed by atoms with van der Waals surface area (Å²) in [4.78, 5) is 12.1. The van der Waals surface area contributed by atoms with Crippen molar-refractivity contribution in [3.63, 3.8) is 0 Å². The first-order valence-electron chi connectivity index (χ1n) is 7.35. The molecule has 2 rings (SSSR count). The number of benzene rings is 2. The molecule has 0 aliphatic heterocycles. The minimum atomic E-state index is -5.20. The normalized spacial score (nSPS) is 12.4. The molecule has 2 aromatic rings. The molecule has 0 aromatic heterocycles. The molecule has 1 amide bonds. The van der Waals surface area contributed by atoms with E-state index in [4.69, 9.17) is 5.26 Å². The van der Waals surface area contributed by atoms with Crippen LogP contribution < -0.4 is 5.32 Å². The lowest BCUT2D eigenvalue weighted by Gasteiger charge is -2.15. The lowest BCUT2D eigenvalue weighted by molar-refractivity contribution is -0.143. The molecule has 0 atom stereocenters. The topological polar surface area (TPSA) is 52.9 Å². The van der Waals surface area contributed by atoms with Crippen LogP contribution in [-0.2, 0) is 18.5 Å². The average molecular weight is 426 g/mol. The third-order valence-electron chi connectivity index (χ3n) is 3.55. The van der Waals surface area contributed by atoms with Gasteiger partial charge in [-0.3, -0.25) is 4.79 Å². The van der Waals surface area contributed by atoms with Crippen LogP contribution in [0.5, 0.6) is 0 Å². The molecular weight excluding hydrogens is 419 g/mol. The molecule has 3 nitrogen and oxygen atoms in total. The Kier molecular flexibility index (Phi) is 5.56. The van der Waals surface area contributed by atoms with Gasteiger partial charge >= 0.3 is 18.5 Å². The summed E-state index contributed by atoms with van der Waals surface area (Å²) >= 11 is 0. The summed E-state index contributed by atoms with van der Waals surface area (Å²) in [6.45, 7) is 0. The van der Waals surface area contributed by atoms with Crippen LogP contribution in [0.2, 0.25) is 0 Å². The van der Waals surface area contributed by atoms with E-state index >= 15 is 0 Å². The molecule has 0 unspecified atom stereocenters. The van der Waals surface area contributed by atoms with Gasteiger partial charge in [0.25, 0.3) is 5.91 Å². The number of nitrogens with one attached hydrogen (secondary N) is 1. The number of nitrogens with zero attached hydrogens (tertiary/aromatic N) is 1. The molecule has 154 valence electrons. The van der Waals surface area contributed by atoms with Gasteiger partial charge in [-0.05, 0) is 36.4 Å². The first-order chi connectivity index (χ1) is 13.1. The predicted molar refractivity (Wildman–Crippen MR) is 80.6 cm³/mol. The van der Waals surface area contributed by atoms with Gasteiger partial charge in [0.2, 0.25) is 0 Å². The second kappa shape index (κ2) is 7.31. The zero-order chi connectivity index (χ0) is 22.2. The third-order valence-corrected chi connectivity index (χ3v) is 3.55. The standard InChI is InChI=1S/C17H7F9N2O/c18-15(19,20)10-3-9(4-11(5-10)16(21,22)23)14(29)28-12-2-1-8(7-27)13(6-12)17(24,25)26/h1-6H,(H,28,29). The molecule has 0 fully saturated rings. The Morgan fingerprint density at radius 2 is 1.31 bits per heavy atom. The van der Waals surface area contributed by atoms with Crippen LogP contribution in [-0.4, -0.2) is 5.91 Å². The minimum absolute atomic E-state index is 0.138. The number of hydrogen-bond acceptors (Lipinski definition) is 2. The van der Waals surface area contributed by atoms with Gasteiger partial charge in [0.1, 0.15) is 0 Å². The number of carbonyl (C=O) groups excluding carboxylic acids is 1. The van der Waals surface area contributed by atoms with Crippen LogP contribution in [0, 0.1) is 11.3 Å². The second-order valence-corrected chi connectivity index (χ2v) is 5.62. The summed E-state index contributed by atoms with van der Waals surface area (Å²) in [5, 5.41) is 10.5. The SMILES string of the molecule is N#Cc1ccc(NC(=O)c2cc(C(F)(F)F)cc(C(F)(F)F)c2)cc1C(F)(F)F. The van der Waals surface area contributed by atoms with Gasteiger partial charge in [-0.2, -0.15) is 44.8 Å². The number of halogens is 9. The average Bonchev–Trinajstić information content (AvgIpc) is 2.59. The fourth-order valence-corrected chi connectivity index (χ4v) is 2.24. The van der Waals surface area contributed by atoms with Crippen molar-refractivity contribution in [1.29, 1.82) is 5.26 Å². The van der Waals surface area contributed by atoms with Crippen LogP contribution in [0.15, 0.2) is 36.4 Å². The van der Waals surface area contributed by atoms with Crippen molar-refractivity contribution in [3.8, 4) is 6.07 Å². The zero-order valence-electron chi connectivity index (χ0n) is 13.7. The highest BCUT2D eigenvalue weighted by atomic mass is 19.4. The Morgan fingerprint density at radius 1 is 0.793 bits per heavy atom. The van der Waals surface area contributed by atoms with Crippen LogP contribution in [0.3, 0.4) is 0 Å². The van der Waals surface area contributed by atoms with Crippen LogP contribution >= 0.6 is 0 Å². The smallest absolute Gasteiger partial charge is 0.322 e. The van der Waals surface area contributed by atoms with Gasteiger partial charge in [-0.1, -0.05) is 0 Å². The van der Waals surface area contributed by atoms with E-state index < -0.39 is 57.9 Å². The largest absolute Gasteiger partial charge is 0.417 e. The Labute approximate surface area is 156 Å². The summed E-state index contributed by atoms with van der Waals surface area (Å²) < 4.78 is 116. The molecule has 0 aliphatic carbocycles. The van der Waals surface area contributed by atoms with E-state index in [9.17, 15) is 44.3 Å². The Bertz CT molecular complexity index is 950. The van der Waals surface area contributed by atoms with E-state index in [1.807, 2.05) is 0 Å². The number of anilines is 1. The molecule has 0 spiro atoms. The van der Waals surface area contributed by atoms with Gasteiger partial charge in [-0.25, -0.2) is 0 Å². The maximum absolute atomic E-state index is 12.9. The number of hydrogen-bond donors (Lipinski definition) is 1. The first-order valence-corrected chi connectivity index (χ1v) is 7.35. The molecule has 0 radical (unpaired) electrons. The summed E-state index contributed by atoms with van der Waals surface area (Å²) in [6.07, 6.45) is -15.4. The van der Waals surface area contributed by atoms with Crippen LogP contribution in [0.4, 0.5) is 45.2 Å².